The Kier molecular flexibility index (Phi) is 5.53. The van der Waals surface area contributed by atoms with E-state index in [-0.39, 0.29) is 0 Å². The van der Waals surface area contributed by atoms with E-state index >= 15 is 0 Å². The van der Waals surface area contributed by atoms with Gasteiger partial charge in [-0.2, -0.15) is 0 Å². The van der Waals surface area contributed by atoms with E-state index in [9.17, 15) is 5.11 Å². The van der Waals surface area contributed by atoms with Crippen molar-refractivity contribution in [3.05, 3.63) is 53.2 Å². The van der Waals surface area contributed by atoms with E-state index in [1.165, 1.54) is 5.56 Å². The molecule has 2 aromatic rings. The molecule has 114 valence electrons. The van der Waals surface area contributed by atoms with Crippen LogP contribution in [0.1, 0.15) is 55.6 Å². The summed E-state index contributed by atoms with van der Waals surface area (Å²) in [6, 6.07) is 8.12. The first-order chi connectivity index (χ1) is 10.1. The lowest BCUT2D eigenvalue weighted by atomic mass is 10.00. The summed E-state index contributed by atoms with van der Waals surface area (Å²) >= 11 is 0. The minimum Gasteiger partial charge on any atom is -0.444 e. The van der Waals surface area contributed by atoms with Crippen LogP contribution in [0.25, 0.3) is 0 Å². The summed E-state index contributed by atoms with van der Waals surface area (Å²) < 4.78 is 5.51. The van der Waals surface area contributed by atoms with Gasteiger partial charge in [0, 0.05) is 13.0 Å². The lowest BCUT2D eigenvalue weighted by Gasteiger charge is -2.13. The third kappa shape index (κ3) is 4.41. The van der Waals surface area contributed by atoms with Crippen LogP contribution in [0.5, 0.6) is 0 Å². The molecule has 0 amide bonds. The quantitative estimate of drug-likeness (QED) is 0.821. The molecule has 0 saturated carbocycles. The van der Waals surface area contributed by atoms with Gasteiger partial charge >= 0.3 is 0 Å². The van der Waals surface area contributed by atoms with Gasteiger partial charge in [-0.3, -0.25) is 0 Å². The second kappa shape index (κ2) is 7.38. The lowest BCUT2D eigenvalue weighted by Crippen LogP contribution is -2.21. The number of aliphatic hydroxyl groups is 1. The number of benzene rings is 1. The Morgan fingerprint density at radius 1 is 1.19 bits per heavy atom. The van der Waals surface area contributed by atoms with Crippen LogP contribution in [0.2, 0.25) is 0 Å². The standard InChI is InChI=1S/C17H24N2O2/c1-4-15-9-19-17(21-15)11-18-10-16(20)14-7-5-13(6-8-14)12(2)3/h5-9,12,16,18,20H,4,10-11H2,1-3H3. The van der Waals surface area contributed by atoms with Crippen molar-refractivity contribution in [3.8, 4) is 0 Å². The van der Waals surface area contributed by atoms with Gasteiger partial charge in [-0.1, -0.05) is 45.0 Å². The van der Waals surface area contributed by atoms with Gasteiger partial charge in [0.15, 0.2) is 0 Å². The molecule has 2 N–H and O–H groups in total. The molecule has 0 aliphatic heterocycles. The van der Waals surface area contributed by atoms with Crippen LogP contribution in [-0.2, 0) is 13.0 Å². The Balaban J connectivity index is 1.82. The highest BCUT2D eigenvalue weighted by atomic mass is 16.4. The summed E-state index contributed by atoms with van der Waals surface area (Å²) in [5.74, 6) is 2.05. The second-order valence-electron chi connectivity index (χ2n) is 5.54. The van der Waals surface area contributed by atoms with Crippen LogP contribution in [0.4, 0.5) is 0 Å². The van der Waals surface area contributed by atoms with Crippen LogP contribution in [-0.4, -0.2) is 16.6 Å². The molecule has 21 heavy (non-hydrogen) atoms. The number of nitrogens with one attached hydrogen (secondary N) is 1. The number of nitrogens with zero attached hydrogens (tertiary/aromatic N) is 1. The topological polar surface area (TPSA) is 58.3 Å². The number of aryl methyl sites for hydroxylation is 1. The molecule has 1 atom stereocenters. The monoisotopic (exact) mass is 288 g/mol. The van der Waals surface area contributed by atoms with Crippen LogP contribution in [0.3, 0.4) is 0 Å². The van der Waals surface area contributed by atoms with E-state index in [1.54, 1.807) is 6.20 Å². The Hall–Kier alpha value is -1.65. The molecule has 1 heterocycles. The number of hydrogen-bond acceptors (Lipinski definition) is 4. The molecular weight excluding hydrogens is 264 g/mol. The van der Waals surface area contributed by atoms with E-state index in [2.05, 4.69) is 36.3 Å². The highest BCUT2D eigenvalue weighted by Gasteiger charge is 2.09. The van der Waals surface area contributed by atoms with E-state index in [0.717, 1.165) is 17.7 Å². The Bertz CT molecular complexity index is 546. The smallest absolute Gasteiger partial charge is 0.208 e. The van der Waals surface area contributed by atoms with Crippen molar-refractivity contribution in [1.82, 2.24) is 10.3 Å². The van der Waals surface area contributed by atoms with Crippen LogP contribution < -0.4 is 5.32 Å². The van der Waals surface area contributed by atoms with Gasteiger partial charge in [0.05, 0.1) is 18.8 Å². The van der Waals surface area contributed by atoms with E-state index in [4.69, 9.17) is 4.42 Å². The van der Waals surface area contributed by atoms with Crippen molar-refractivity contribution < 1.29 is 9.52 Å². The van der Waals surface area contributed by atoms with Crippen LogP contribution in [0, 0.1) is 0 Å². The summed E-state index contributed by atoms with van der Waals surface area (Å²) in [6.45, 7) is 7.36. The van der Waals surface area contributed by atoms with Gasteiger partial charge in [-0.25, -0.2) is 4.98 Å². The molecule has 0 aliphatic rings. The highest BCUT2D eigenvalue weighted by molar-refractivity contribution is 5.26. The van der Waals surface area contributed by atoms with Gasteiger partial charge < -0.3 is 14.8 Å². The average molecular weight is 288 g/mol. The molecule has 4 nitrogen and oxygen atoms in total. The fourth-order valence-corrected chi connectivity index (χ4v) is 2.13. The van der Waals surface area contributed by atoms with Gasteiger partial charge in [0.1, 0.15) is 5.76 Å². The number of aliphatic hydroxyl groups excluding tert-OH is 1. The normalized spacial score (nSPS) is 12.8. The summed E-state index contributed by atoms with van der Waals surface area (Å²) in [5, 5.41) is 13.3. The van der Waals surface area contributed by atoms with Crippen molar-refractivity contribution in [1.29, 1.82) is 0 Å². The summed E-state index contributed by atoms with van der Waals surface area (Å²) in [7, 11) is 0. The van der Waals surface area contributed by atoms with E-state index in [1.807, 2.05) is 19.1 Å². The Morgan fingerprint density at radius 2 is 1.86 bits per heavy atom. The van der Waals surface area contributed by atoms with Crippen LogP contribution in [0.15, 0.2) is 34.9 Å². The lowest BCUT2D eigenvalue weighted by molar-refractivity contribution is 0.173. The molecule has 2 rings (SSSR count). The average Bonchev–Trinajstić information content (AvgIpc) is 2.95. The largest absolute Gasteiger partial charge is 0.444 e. The molecule has 0 radical (unpaired) electrons. The van der Waals surface area contributed by atoms with Crippen molar-refractivity contribution in [2.45, 2.75) is 45.8 Å². The van der Waals surface area contributed by atoms with Gasteiger partial charge in [0.2, 0.25) is 5.89 Å². The molecular formula is C17H24N2O2. The number of oxazole rings is 1. The number of rotatable bonds is 7. The minimum absolute atomic E-state index is 0.477. The van der Waals surface area contributed by atoms with E-state index in [0.29, 0.717) is 24.9 Å². The molecule has 1 aromatic carbocycles. The van der Waals surface area contributed by atoms with Gasteiger partial charge in [0.25, 0.3) is 0 Å². The van der Waals surface area contributed by atoms with Gasteiger partial charge in [-0.15, -0.1) is 0 Å². The third-order valence-corrected chi connectivity index (χ3v) is 3.55. The highest BCUT2D eigenvalue weighted by Crippen LogP contribution is 2.18. The fraction of sp³-hybridized carbons (Fsp3) is 0.471. The van der Waals surface area contributed by atoms with Crippen molar-refractivity contribution in [2.75, 3.05) is 6.54 Å². The Morgan fingerprint density at radius 3 is 2.43 bits per heavy atom. The molecule has 0 saturated heterocycles. The first-order valence-corrected chi connectivity index (χ1v) is 7.52. The first kappa shape index (κ1) is 15.7. The molecule has 0 aliphatic carbocycles. The number of aromatic nitrogens is 1. The van der Waals surface area contributed by atoms with Crippen molar-refractivity contribution in [3.63, 3.8) is 0 Å². The second-order valence-corrected chi connectivity index (χ2v) is 5.54. The SMILES string of the molecule is CCc1cnc(CNCC(O)c2ccc(C(C)C)cc2)o1. The Labute approximate surface area is 126 Å². The fourth-order valence-electron chi connectivity index (χ4n) is 2.13. The maximum Gasteiger partial charge on any atom is 0.208 e. The minimum atomic E-state index is -0.521. The van der Waals surface area contributed by atoms with Gasteiger partial charge in [-0.05, 0) is 17.0 Å². The van der Waals surface area contributed by atoms with E-state index < -0.39 is 6.10 Å². The maximum atomic E-state index is 10.2. The first-order valence-electron chi connectivity index (χ1n) is 7.52. The predicted octanol–water partition coefficient (Wildman–Crippen LogP) is 3.18. The molecule has 1 unspecified atom stereocenters. The molecule has 4 heteroatoms. The third-order valence-electron chi connectivity index (χ3n) is 3.55. The molecule has 0 spiro atoms. The zero-order valence-electron chi connectivity index (χ0n) is 13.0. The summed E-state index contributed by atoms with van der Waals surface area (Å²) in [5.41, 5.74) is 2.21. The molecule has 0 bridgehead atoms. The predicted molar refractivity (Wildman–Crippen MR) is 83.1 cm³/mol. The zero-order valence-corrected chi connectivity index (χ0v) is 13.0. The number of hydrogen-bond donors (Lipinski definition) is 2. The zero-order chi connectivity index (χ0) is 15.2. The van der Waals surface area contributed by atoms with Crippen molar-refractivity contribution >= 4 is 0 Å². The molecule has 1 aromatic heterocycles. The summed E-state index contributed by atoms with van der Waals surface area (Å²) in [4.78, 5) is 4.18. The van der Waals surface area contributed by atoms with Crippen molar-refractivity contribution in [2.24, 2.45) is 0 Å². The maximum absolute atomic E-state index is 10.2. The summed E-state index contributed by atoms with van der Waals surface area (Å²) in [6.07, 6.45) is 2.07. The molecule has 0 fully saturated rings. The van der Waals surface area contributed by atoms with Crippen LogP contribution >= 0.6 is 0 Å².